The molecule has 2 aromatic carbocycles. The number of nitrogens with zero attached hydrogens (tertiary/aromatic N) is 4. The van der Waals surface area contributed by atoms with Crippen molar-refractivity contribution in [2.75, 3.05) is 5.75 Å². The van der Waals surface area contributed by atoms with Crippen molar-refractivity contribution in [3.8, 4) is 0 Å². The van der Waals surface area contributed by atoms with Gasteiger partial charge in [0.1, 0.15) is 0 Å². The van der Waals surface area contributed by atoms with Crippen LogP contribution in [-0.4, -0.2) is 31.2 Å². The highest BCUT2D eigenvalue weighted by molar-refractivity contribution is 7.99. The number of amides is 1. The molecule has 6 nitrogen and oxygen atoms in total. The molecule has 0 saturated heterocycles. The second kappa shape index (κ2) is 9.58. The van der Waals surface area contributed by atoms with Crippen molar-refractivity contribution in [1.29, 1.82) is 0 Å². The first-order valence-electron chi connectivity index (χ1n) is 11.8. The van der Waals surface area contributed by atoms with E-state index >= 15 is 0 Å². The number of thioether (sulfide) groups is 1. The second-order valence-electron chi connectivity index (χ2n) is 8.97. The molecule has 1 atom stereocenters. The summed E-state index contributed by atoms with van der Waals surface area (Å²) in [6.45, 7) is 6.22. The van der Waals surface area contributed by atoms with E-state index in [2.05, 4.69) is 71.7 Å². The molecule has 4 aromatic rings. The molecular weight excluding hydrogens is 442 g/mol. The lowest BCUT2D eigenvalue weighted by Crippen LogP contribution is -2.32. The molecule has 0 spiro atoms. The number of hydrogen-bond acceptors (Lipinski definition) is 5. The summed E-state index contributed by atoms with van der Waals surface area (Å²) < 4.78 is 1.80. The minimum Gasteiger partial charge on any atom is -0.349 e. The van der Waals surface area contributed by atoms with Gasteiger partial charge in [-0.05, 0) is 67.9 Å². The van der Waals surface area contributed by atoms with Crippen LogP contribution in [0.2, 0.25) is 0 Å². The topological polar surface area (TPSA) is 72.2 Å². The Morgan fingerprint density at radius 3 is 2.74 bits per heavy atom. The molecule has 34 heavy (non-hydrogen) atoms. The first-order chi connectivity index (χ1) is 16.5. The molecule has 7 heteroatoms. The van der Waals surface area contributed by atoms with Gasteiger partial charge in [-0.3, -0.25) is 4.79 Å². The molecule has 1 unspecified atom stereocenters. The lowest BCUT2D eigenvalue weighted by molar-refractivity contribution is -0.119. The molecule has 174 valence electrons. The van der Waals surface area contributed by atoms with Crippen molar-refractivity contribution in [3.05, 3.63) is 87.7 Å². The van der Waals surface area contributed by atoms with Crippen molar-refractivity contribution in [2.45, 2.75) is 57.7 Å². The van der Waals surface area contributed by atoms with Crippen LogP contribution in [0.3, 0.4) is 0 Å². The monoisotopic (exact) mass is 471 g/mol. The van der Waals surface area contributed by atoms with Crippen molar-refractivity contribution in [2.24, 2.45) is 0 Å². The first kappa shape index (κ1) is 22.6. The zero-order chi connectivity index (χ0) is 23.7. The van der Waals surface area contributed by atoms with E-state index in [1.807, 2.05) is 13.0 Å². The highest BCUT2D eigenvalue weighted by Crippen LogP contribution is 2.29. The van der Waals surface area contributed by atoms with Gasteiger partial charge in [0.15, 0.2) is 0 Å². The fraction of sp³-hybridized carbons (Fsp3) is 0.333. The van der Waals surface area contributed by atoms with Gasteiger partial charge in [-0.25, -0.2) is 9.50 Å². The van der Waals surface area contributed by atoms with Crippen molar-refractivity contribution in [3.63, 3.8) is 0 Å². The van der Waals surface area contributed by atoms with E-state index in [4.69, 9.17) is 4.98 Å². The van der Waals surface area contributed by atoms with Crippen molar-refractivity contribution < 1.29 is 4.79 Å². The molecule has 1 aliphatic carbocycles. The van der Waals surface area contributed by atoms with Crippen LogP contribution in [0.4, 0.5) is 0 Å². The van der Waals surface area contributed by atoms with E-state index in [0.717, 1.165) is 42.6 Å². The van der Waals surface area contributed by atoms with E-state index in [-0.39, 0.29) is 17.7 Å². The predicted octanol–water partition coefficient (Wildman–Crippen LogP) is 4.93. The summed E-state index contributed by atoms with van der Waals surface area (Å²) in [4.78, 5) is 22.0. The first-order valence-corrected chi connectivity index (χ1v) is 12.8. The number of aryl methyl sites for hydroxylation is 4. The van der Waals surface area contributed by atoms with Gasteiger partial charge < -0.3 is 5.32 Å². The Kier molecular flexibility index (Phi) is 6.37. The average molecular weight is 472 g/mol. The summed E-state index contributed by atoms with van der Waals surface area (Å²) in [6.07, 6.45) is 3.96. The number of nitrogens with one attached hydrogen (secondary N) is 1. The number of carbonyl (C=O) groups excluding carboxylic acids is 1. The van der Waals surface area contributed by atoms with Crippen LogP contribution in [0.1, 0.15) is 58.1 Å². The Hall–Kier alpha value is -3.19. The number of fused-ring (bicyclic) bond motifs is 2. The Balaban J connectivity index is 1.29. The van der Waals surface area contributed by atoms with Crippen LogP contribution >= 0.6 is 11.8 Å². The summed E-state index contributed by atoms with van der Waals surface area (Å²) in [5.41, 5.74) is 8.30. The summed E-state index contributed by atoms with van der Waals surface area (Å²) in [5, 5.41) is 8.43. The maximum atomic E-state index is 12.7. The third-order valence-corrected chi connectivity index (χ3v) is 7.53. The van der Waals surface area contributed by atoms with E-state index < -0.39 is 0 Å². The van der Waals surface area contributed by atoms with Gasteiger partial charge in [0, 0.05) is 17.8 Å². The molecule has 2 aromatic heterocycles. The fourth-order valence-corrected chi connectivity index (χ4v) is 5.40. The molecule has 1 aliphatic rings. The number of hydrogen-bond donors (Lipinski definition) is 1. The number of benzene rings is 2. The third kappa shape index (κ3) is 4.57. The fourth-order valence-electron chi connectivity index (χ4n) is 4.78. The van der Waals surface area contributed by atoms with Crippen LogP contribution in [0.15, 0.2) is 53.7 Å². The zero-order valence-electron chi connectivity index (χ0n) is 19.8. The minimum absolute atomic E-state index is 0.00617. The third-order valence-electron chi connectivity index (χ3n) is 6.70. The number of carbonyl (C=O) groups is 1. The average Bonchev–Trinajstić information content (AvgIpc) is 3.25. The van der Waals surface area contributed by atoms with E-state index in [0.29, 0.717) is 10.9 Å². The lowest BCUT2D eigenvalue weighted by atomic mass is 9.88. The number of rotatable bonds is 6. The summed E-state index contributed by atoms with van der Waals surface area (Å²) in [5.74, 6) is 0.864. The van der Waals surface area contributed by atoms with Gasteiger partial charge in [-0.2, -0.15) is 4.98 Å². The smallest absolute Gasteiger partial charge is 0.253 e. The Labute approximate surface area is 204 Å². The largest absolute Gasteiger partial charge is 0.349 e. The van der Waals surface area contributed by atoms with Crippen LogP contribution in [0.25, 0.3) is 5.78 Å². The predicted molar refractivity (Wildman–Crippen MR) is 135 cm³/mol. The highest BCUT2D eigenvalue weighted by Gasteiger charge is 2.22. The maximum Gasteiger partial charge on any atom is 0.253 e. The molecule has 1 N–H and O–H groups in total. The Morgan fingerprint density at radius 2 is 1.88 bits per heavy atom. The maximum absolute atomic E-state index is 12.7. The summed E-state index contributed by atoms with van der Waals surface area (Å²) in [7, 11) is 0. The van der Waals surface area contributed by atoms with Crippen molar-refractivity contribution in [1.82, 2.24) is 24.9 Å². The molecule has 2 heterocycles. The quantitative estimate of drug-likeness (QED) is 0.404. The highest BCUT2D eigenvalue weighted by atomic mass is 32.2. The lowest BCUT2D eigenvalue weighted by Gasteiger charge is -2.26. The van der Waals surface area contributed by atoms with E-state index in [9.17, 15) is 4.79 Å². The molecule has 0 fully saturated rings. The number of aromatic nitrogens is 4. The molecule has 0 saturated carbocycles. The Bertz CT molecular complexity index is 1360. The van der Waals surface area contributed by atoms with Crippen LogP contribution in [-0.2, 0) is 17.6 Å². The van der Waals surface area contributed by atoms with Crippen LogP contribution in [0.5, 0.6) is 0 Å². The van der Waals surface area contributed by atoms with Gasteiger partial charge in [-0.15, -0.1) is 5.10 Å². The second-order valence-corrected chi connectivity index (χ2v) is 9.91. The summed E-state index contributed by atoms with van der Waals surface area (Å²) >= 11 is 1.36. The standard InChI is InChI=1S/C27H29N5OS/c1-17-9-4-5-11-21(17)15-23-18(2)28-26-30-27(31-32(26)19(23)3)34-16-25(33)29-24-14-8-12-20-10-6-7-13-22(20)24/h4-7,9-11,13,24H,8,12,14-16H2,1-3H3,(H,29,33). The van der Waals surface area contributed by atoms with E-state index in [1.165, 1.54) is 34.0 Å². The molecule has 5 rings (SSSR count). The molecule has 0 aliphatic heterocycles. The normalized spacial score (nSPS) is 15.3. The van der Waals surface area contributed by atoms with Crippen LogP contribution in [0, 0.1) is 20.8 Å². The molecular formula is C27H29N5OS. The Morgan fingerprint density at radius 1 is 1.09 bits per heavy atom. The molecule has 0 bridgehead atoms. The van der Waals surface area contributed by atoms with E-state index in [1.54, 1.807) is 4.52 Å². The minimum atomic E-state index is 0.00617. The van der Waals surface area contributed by atoms with Gasteiger partial charge in [-0.1, -0.05) is 60.3 Å². The van der Waals surface area contributed by atoms with Gasteiger partial charge >= 0.3 is 0 Å². The van der Waals surface area contributed by atoms with Crippen molar-refractivity contribution >= 4 is 23.4 Å². The molecule has 1 amide bonds. The van der Waals surface area contributed by atoms with Gasteiger partial charge in [0.2, 0.25) is 11.1 Å². The van der Waals surface area contributed by atoms with Crippen LogP contribution < -0.4 is 5.32 Å². The van der Waals surface area contributed by atoms with Gasteiger partial charge in [0.25, 0.3) is 5.78 Å². The summed E-state index contributed by atoms with van der Waals surface area (Å²) in [6, 6.07) is 16.9. The zero-order valence-corrected chi connectivity index (χ0v) is 20.7. The molecule has 0 radical (unpaired) electrons. The van der Waals surface area contributed by atoms with Gasteiger partial charge in [0.05, 0.1) is 11.8 Å². The SMILES string of the molecule is Cc1ccccc1Cc1c(C)nc2nc(SCC(=O)NC3CCCc4ccccc43)nn2c1C.